The Labute approximate surface area is 70.4 Å². The highest BCUT2D eigenvalue weighted by Crippen LogP contribution is 2.29. The summed E-state index contributed by atoms with van der Waals surface area (Å²) in [5.74, 6) is 0. The summed E-state index contributed by atoms with van der Waals surface area (Å²) in [6.07, 6.45) is -4.51. The maximum atomic E-state index is 12.0. The molecule has 1 heterocycles. The van der Waals surface area contributed by atoms with Crippen molar-refractivity contribution in [1.82, 2.24) is 0 Å². The van der Waals surface area contributed by atoms with Crippen molar-refractivity contribution < 1.29 is 23.2 Å². The van der Waals surface area contributed by atoms with E-state index in [4.69, 9.17) is 10.0 Å². The van der Waals surface area contributed by atoms with Crippen LogP contribution in [0.3, 0.4) is 0 Å². The fourth-order valence-corrected chi connectivity index (χ4v) is 1.54. The molecule has 7 heteroatoms. The molecule has 0 aliphatic heterocycles. The molecular formula is C5H4BF3O2S. The standard InChI is InChI=1S/C5H4BF3O2S/c7-5(8,9)3-1-2-12-4(3)6(10)11/h1-2,10-11H. The van der Waals surface area contributed by atoms with E-state index >= 15 is 0 Å². The molecule has 1 aromatic heterocycles. The Morgan fingerprint density at radius 3 is 2.25 bits per heavy atom. The maximum absolute atomic E-state index is 12.0. The van der Waals surface area contributed by atoms with Crippen molar-refractivity contribution in [2.24, 2.45) is 0 Å². The fourth-order valence-electron chi connectivity index (χ4n) is 0.755. The molecule has 0 fully saturated rings. The van der Waals surface area contributed by atoms with Crippen molar-refractivity contribution in [2.45, 2.75) is 6.18 Å². The van der Waals surface area contributed by atoms with E-state index in [1.165, 1.54) is 0 Å². The van der Waals surface area contributed by atoms with Crippen molar-refractivity contribution in [3.63, 3.8) is 0 Å². The van der Waals surface area contributed by atoms with Gasteiger partial charge < -0.3 is 10.0 Å². The van der Waals surface area contributed by atoms with E-state index in [9.17, 15) is 13.2 Å². The highest BCUT2D eigenvalue weighted by atomic mass is 32.1. The molecular weight excluding hydrogens is 192 g/mol. The molecule has 0 aromatic carbocycles. The molecule has 1 rings (SSSR count). The van der Waals surface area contributed by atoms with Gasteiger partial charge in [-0.05, 0) is 11.4 Å². The van der Waals surface area contributed by atoms with Crippen LogP contribution < -0.4 is 4.78 Å². The van der Waals surface area contributed by atoms with Gasteiger partial charge in [0.2, 0.25) is 0 Å². The molecule has 0 aliphatic carbocycles. The topological polar surface area (TPSA) is 40.5 Å². The van der Waals surface area contributed by atoms with Gasteiger partial charge in [0.05, 0.1) is 5.56 Å². The van der Waals surface area contributed by atoms with Gasteiger partial charge in [0, 0.05) is 4.78 Å². The summed E-state index contributed by atoms with van der Waals surface area (Å²) in [5.41, 5.74) is -0.984. The average Bonchev–Trinajstić information content (AvgIpc) is 2.30. The average molecular weight is 196 g/mol. The van der Waals surface area contributed by atoms with Crippen LogP contribution in [0.4, 0.5) is 13.2 Å². The van der Waals surface area contributed by atoms with Gasteiger partial charge in [-0.3, -0.25) is 0 Å². The number of alkyl halides is 3. The second kappa shape index (κ2) is 3.08. The van der Waals surface area contributed by atoms with Gasteiger partial charge in [-0.2, -0.15) is 24.5 Å². The van der Waals surface area contributed by atoms with Crippen LogP contribution in [0.25, 0.3) is 0 Å². The summed E-state index contributed by atoms with van der Waals surface area (Å²) >= 11 is 0.665. The SMILES string of the molecule is OB(O)c1sccc1C(F)(F)F. The van der Waals surface area contributed by atoms with E-state index in [2.05, 4.69) is 0 Å². The van der Waals surface area contributed by atoms with E-state index in [0.717, 1.165) is 11.4 Å². The van der Waals surface area contributed by atoms with Crippen molar-refractivity contribution in [3.8, 4) is 0 Å². The maximum Gasteiger partial charge on any atom is 0.499 e. The third kappa shape index (κ3) is 1.79. The summed E-state index contributed by atoms with van der Waals surface area (Å²) in [5, 5.41) is 18.2. The molecule has 0 radical (unpaired) electrons. The zero-order chi connectivity index (χ0) is 9.35. The van der Waals surface area contributed by atoms with Crippen LogP contribution >= 0.6 is 11.3 Å². The summed E-state index contributed by atoms with van der Waals surface area (Å²) < 4.78 is 35.6. The summed E-state index contributed by atoms with van der Waals surface area (Å²) in [6, 6.07) is 0.819. The van der Waals surface area contributed by atoms with Crippen molar-refractivity contribution in [3.05, 3.63) is 17.0 Å². The minimum atomic E-state index is -4.51. The first-order valence-corrected chi connectivity index (χ1v) is 3.81. The van der Waals surface area contributed by atoms with Crippen LogP contribution in [-0.4, -0.2) is 17.2 Å². The summed E-state index contributed by atoms with van der Waals surface area (Å²) in [6.45, 7) is 0. The van der Waals surface area contributed by atoms with Gasteiger partial charge in [-0.1, -0.05) is 0 Å². The molecule has 66 valence electrons. The van der Waals surface area contributed by atoms with Gasteiger partial charge in [0.1, 0.15) is 0 Å². The number of hydrogen-bond donors (Lipinski definition) is 2. The molecule has 0 atom stereocenters. The lowest BCUT2D eigenvalue weighted by atomic mass is 9.86. The van der Waals surface area contributed by atoms with Crippen LogP contribution in [0, 0.1) is 0 Å². The van der Waals surface area contributed by atoms with Gasteiger partial charge in [0.15, 0.2) is 0 Å². The monoisotopic (exact) mass is 196 g/mol. The predicted octanol–water partition coefficient (Wildman–Crippen LogP) is 0.447. The molecule has 1 aromatic rings. The molecule has 12 heavy (non-hydrogen) atoms. The van der Waals surface area contributed by atoms with Gasteiger partial charge in [0.25, 0.3) is 0 Å². The second-order valence-corrected chi connectivity index (χ2v) is 3.02. The Balaban J connectivity index is 3.08. The third-order valence-electron chi connectivity index (χ3n) is 1.24. The van der Waals surface area contributed by atoms with Crippen molar-refractivity contribution >= 4 is 23.2 Å². The Kier molecular flexibility index (Phi) is 2.45. The van der Waals surface area contributed by atoms with Crippen LogP contribution in [0.2, 0.25) is 0 Å². The normalized spacial score (nSPS) is 11.8. The van der Waals surface area contributed by atoms with E-state index in [0.29, 0.717) is 11.3 Å². The lowest BCUT2D eigenvalue weighted by Crippen LogP contribution is -2.32. The number of hydrogen-bond acceptors (Lipinski definition) is 3. The van der Waals surface area contributed by atoms with Gasteiger partial charge in [-0.25, -0.2) is 0 Å². The Morgan fingerprint density at radius 2 is 1.92 bits per heavy atom. The van der Waals surface area contributed by atoms with E-state index in [1.807, 2.05) is 0 Å². The Bertz CT molecular complexity index is 270. The minimum Gasteiger partial charge on any atom is -0.423 e. The van der Waals surface area contributed by atoms with E-state index < -0.39 is 23.6 Å². The quantitative estimate of drug-likeness (QED) is 0.640. The molecule has 0 amide bonds. The smallest absolute Gasteiger partial charge is 0.423 e. The van der Waals surface area contributed by atoms with Crippen molar-refractivity contribution in [2.75, 3.05) is 0 Å². The highest BCUT2D eigenvalue weighted by Gasteiger charge is 2.37. The predicted molar refractivity (Wildman–Crippen MR) is 39.1 cm³/mol. The number of rotatable bonds is 1. The zero-order valence-electron chi connectivity index (χ0n) is 5.67. The Hall–Kier alpha value is -0.525. The zero-order valence-corrected chi connectivity index (χ0v) is 6.49. The van der Waals surface area contributed by atoms with E-state index in [1.54, 1.807) is 0 Å². The number of halogens is 3. The first-order chi connectivity index (χ1) is 5.43. The first kappa shape index (κ1) is 9.56. The molecule has 2 nitrogen and oxygen atoms in total. The molecule has 0 unspecified atom stereocenters. The van der Waals surface area contributed by atoms with Crippen molar-refractivity contribution in [1.29, 1.82) is 0 Å². The molecule has 0 bridgehead atoms. The summed E-state index contributed by atoms with van der Waals surface area (Å²) in [4.78, 5) is 0. The van der Waals surface area contributed by atoms with E-state index in [-0.39, 0.29) is 0 Å². The van der Waals surface area contributed by atoms with Gasteiger partial charge in [-0.15, -0.1) is 0 Å². The Morgan fingerprint density at radius 1 is 1.33 bits per heavy atom. The molecule has 0 aliphatic rings. The summed E-state index contributed by atoms with van der Waals surface area (Å²) in [7, 11) is -2.05. The minimum absolute atomic E-state index is 0.470. The molecule has 0 saturated carbocycles. The third-order valence-corrected chi connectivity index (χ3v) is 2.19. The van der Waals surface area contributed by atoms with Crippen LogP contribution in [-0.2, 0) is 6.18 Å². The largest absolute Gasteiger partial charge is 0.499 e. The highest BCUT2D eigenvalue weighted by molar-refractivity contribution is 7.20. The first-order valence-electron chi connectivity index (χ1n) is 2.93. The van der Waals surface area contributed by atoms with Crippen LogP contribution in [0.5, 0.6) is 0 Å². The fraction of sp³-hybridized carbons (Fsp3) is 0.200. The van der Waals surface area contributed by atoms with Gasteiger partial charge >= 0.3 is 13.3 Å². The number of thiophene rings is 1. The lowest BCUT2D eigenvalue weighted by Gasteiger charge is -2.06. The molecule has 2 N–H and O–H groups in total. The lowest BCUT2D eigenvalue weighted by molar-refractivity contribution is -0.136. The molecule has 0 spiro atoms. The molecule has 0 saturated heterocycles. The van der Waals surface area contributed by atoms with Crippen LogP contribution in [0.15, 0.2) is 11.4 Å². The second-order valence-electron chi connectivity index (χ2n) is 2.07. The van der Waals surface area contributed by atoms with Crippen LogP contribution in [0.1, 0.15) is 5.56 Å².